The van der Waals surface area contributed by atoms with Crippen molar-refractivity contribution in [3.63, 3.8) is 0 Å². The Bertz CT molecular complexity index is 1240. The summed E-state index contributed by atoms with van der Waals surface area (Å²) in [6.07, 6.45) is -0.882. The Morgan fingerprint density at radius 1 is 1.10 bits per heavy atom. The molecule has 0 aliphatic rings. The van der Waals surface area contributed by atoms with Crippen LogP contribution in [-0.2, 0) is 24.3 Å². The fourth-order valence-corrected chi connectivity index (χ4v) is 3.53. The van der Waals surface area contributed by atoms with E-state index >= 15 is 0 Å². The van der Waals surface area contributed by atoms with Gasteiger partial charge in [0, 0.05) is 6.54 Å². The van der Waals surface area contributed by atoms with Gasteiger partial charge in [0.25, 0.3) is 5.56 Å². The number of amides is 1. The summed E-state index contributed by atoms with van der Waals surface area (Å²) in [5.41, 5.74) is 2.02. The molecule has 0 atom stereocenters. The molecule has 1 amide bonds. The maximum Gasteiger partial charge on any atom is 0.511 e. The summed E-state index contributed by atoms with van der Waals surface area (Å²) < 4.78 is 6.24. The largest absolute Gasteiger partial charge is 0.511 e. The fraction of sp³-hybridized carbons (Fsp3) is 0.238. The van der Waals surface area contributed by atoms with Gasteiger partial charge in [0.15, 0.2) is 5.75 Å². The second kappa shape index (κ2) is 8.74. The number of carboxylic acid groups (broad SMARTS) is 2. The third-order valence-corrected chi connectivity index (χ3v) is 4.90. The monoisotopic (exact) mass is 427 g/mol. The molecule has 0 bridgehead atoms. The molecule has 3 aromatic rings. The van der Waals surface area contributed by atoms with Crippen LogP contribution in [0.15, 0.2) is 41.2 Å². The summed E-state index contributed by atoms with van der Waals surface area (Å²) in [4.78, 5) is 48.3. The number of para-hydroxylation sites is 1. The topological polar surface area (TPSA) is 140 Å². The highest BCUT2D eigenvalue weighted by molar-refractivity contribution is 5.91. The third-order valence-electron chi connectivity index (χ3n) is 4.90. The maximum absolute atomic E-state index is 12.9. The summed E-state index contributed by atoms with van der Waals surface area (Å²) in [5.74, 6) is -1.57. The molecule has 0 saturated heterocycles. The third kappa shape index (κ3) is 4.27. The summed E-state index contributed by atoms with van der Waals surface area (Å²) in [6.45, 7) is 3.27. The van der Waals surface area contributed by atoms with Crippen molar-refractivity contribution in [3.8, 4) is 5.75 Å². The van der Waals surface area contributed by atoms with Gasteiger partial charge in [0.05, 0.1) is 5.39 Å². The van der Waals surface area contributed by atoms with Crippen molar-refractivity contribution < 1.29 is 29.3 Å². The van der Waals surface area contributed by atoms with E-state index in [2.05, 4.69) is 5.32 Å². The Labute approximate surface area is 176 Å². The highest BCUT2D eigenvalue weighted by Crippen LogP contribution is 2.24. The number of hydrogen-bond acceptors (Lipinski definition) is 5. The molecule has 31 heavy (non-hydrogen) atoms. The van der Waals surface area contributed by atoms with Crippen LogP contribution in [0.3, 0.4) is 0 Å². The van der Waals surface area contributed by atoms with Gasteiger partial charge in [-0.3, -0.25) is 14.3 Å². The minimum Gasteiger partial charge on any atom is -0.480 e. The average Bonchev–Trinajstić information content (AvgIpc) is 2.98. The summed E-state index contributed by atoms with van der Waals surface area (Å²) in [5, 5.41) is 20.9. The van der Waals surface area contributed by atoms with Crippen molar-refractivity contribution in [1.82, 2.24) is 14.7 Å². The number of aromatic nitrogens is 2. The zero-order valence-electron chi connectivity index (χ0n) is 16.9. The predicted molar refractivity (Wildman–Crippen MR) is 111 cm³/mol. The van der Waals surface area contributed by atoms with Gasteiger partial charge in [0.1, 0.15) is 12.1 Å². The van der Waals surface area contributed by atoms with Gasteiger partial charge < -0.3 is 20.3 Å². The van der Waals surface area contributed by atoms with Gasteiger partial charge in [-0.1, -0.05) is 31.2 Å². The number of carbonyl (C=O) groups is 3. The molecule has 0 fully saturated rings. The van der Waals surface area contributed by atoms with Crippen LogP contribution in [0.1, 0.15) is 23.6 Å². The van der Waals surface area contributed by atoms with Crippen LogP contribution >= 0.6 is 0 Å². The lowest BCUT2D eigenvalue weighted by atomic mass is 10.0. The molecule has 0 unspecified atom stereocenters. The van der Waals surface area contributed by atoms with E-state index in [9.17, 15) is 24.3 Å². The van der Waals surface area contributed by atoms with E-state index in [0.717, 1.165) is 27.8 Å². The fourth-order valence-electron chi connectivity index (χ4n) is 3.53. The lowest BCUT2D eigenvalue weighted by molar-refractivity contribution is -0.137. The van der Waals surface area contributed by atoms with Crippen LogP contribution in [0.4, 0.5) is 9.59 Å². The molecule has 0 radical (unpaired) electrons. The quantitative estimate of drug-likeness (QED) is 0.406. The molecule has 1 heterocycles. The Morgan fingerprint density at radius 3 is 2.45 bits per heavy atom. The lowest BCUT2D eigenvalue weighted by Gasteiger charge is -2.14. The SMILES string of the molecule is CCc1cccc(C)c1CNC(=O)n1c(=O)c2cccc(OC(=O)O)c2n1CC(=O)O. The van der Waals surface area contributed by atoms with Gasteiger partial charge >= 0.3 is 18.2 Å². The minimum absolute atomic E-state index is 0.0414. The molecule has 1 aromatic heterocycles. The number of fused-ring (bicyclic) bond motifs is 1. The number of carbonyl (C=O) groups excluding carboxylic acids is 1. The van der Waals surface area contributed by atoms with Gasteiger partial charge in [-0.15, -0.1) is 0 Å². The highest BCUT2D eigenvalue weighted by Gasteiger charge is 2.24. The van der Waals surface area contributed by atoms with Crippen molar-refractivity contribution in [2.45, 2.75) is 33.4 Å². The Hall–Kier alpha value is -4.08. The number of benzene rings is 2. The number of carboxylic acids is 1. The Kier molecular flexibility index (Phi) is 6.10. The first-order valence-electron chi connectivity index (χ1n) is 9.47. The molecule has 2 aromatic carbocycles. The van der Waals surface area contributed by atoms with Crippen LogP contribution in [0, 0.1) is 6.92 Å². The molecule has 162 valence electrons. The molecule has 3 N–H and O–H groups in total. The minimum atomic E-state index is -1.63. The van der Waals surface area contributed by atoms with Gasteiger partial charge in [-0.2, -0.15) is 4.68 Å². The standard InChI is InChI=1S/C21H21N3O7/c1-3-13-7-4-6-12(2)15(13)10-22-20(28)24-19(27)14-8-5-9-16(31-21(29)30)18(14)23(24)11-17(25)26/h4-9H,3,10-11H2,1-2H3,(H,22,28)(H,25,26)(H,29,30). The second-order valence-corrected chi connectivity index (χ2v) is 6.81. The summed E-state index contributed by atoms with van der Waals surface area (Å²) >= 11 is 0. The average molecular weight is 427 g/mol. The normalized spacial score (nSPS) is 10.8. The molecule has 10 heteroatoms. The van der Waals surface area contributed by atoms with Gasteiger partial charge in [-0.25, -0.2) is 9.59 Å². The molecule has 10 nitrogen and oxygen atoms in total. The van der Waals surface area contributed by atoms with E-state index in [1.807, 2.05) is 32.0 Å². The predicted octanol–water partition coefficient (Wildman–Crippen LogP) is 2.57. The lowest BCUT2D eigenvalue weighted by Crippen LogP contribution is -2.39. The number of ether oxygens (including phenoxy) is 1. The number of aliphatic carboxylic acids is 1. The van der Waals surface area contributed by atoms with Crippen LogP contribution in [0.2, 0.25) is 0 Å². The Morgan fingerprint density at radius 2 is 1.81 bits per heavy atom. The van der Waals surface area contributed by atoms with E-state index in [4.69, 9.17) is 9.84 Å². The van der Waals surface area contributed by atoms with E-state index < -0.39 is 30.3 Å². The van der Waals surface area contributed by atoms with Crippen molar-refractivity contribution in [2.24, 2.45) is 0 Å². The zero-order valence-corrected chi connectivity index (χ0v) is 16.9. The molecular weight excluding hydrogens is 406 g/mol. The van der Waals surface area contributed by atoms with Gasteiger partial charge in [-0.05, 0) is 42.2 Å². The van der Waals surface area contributed by atoms with Gasteiger partial charge in [0.2, 0.25) is 0 Å². The second-order valence-electron chi connectivity index (χ2n) is 6.81. The first kappa shape index (κ1) is 21.6. The number of nitrogens with zero attached hydrogens (tertiary/aromatic N) is 2. The zero-order chi connectivity index (χ0) is 22.7. The molecular formula is C21H21N3O7. The maximum atomic E-state index is 12.9. The molecule has 3 rings (SSSR count). The van der Waals surface area contributed by atoms with E-state index in [-0.39, 0.29) is 23.2 Å². The Balaban J connectivity index is 2.08. The van der Waals surface area contributed by atoms with Crippen molar-refractivity contribution in [2.75, 3.05) is 0 Å². The number of rotatable bonds is 6. The van der Waals surface area contributed by atoms with Crippen LogP contribution < -0.4 is 15.6 Å². The molecule has 0 saturated carbocycles. The van der Waals surface area contributed by atoms with E-state index in [1.54, 1.807) is 0 Å². The smallest absolute Gasteiger partial charge is 0.480 e. The first-order chi connectivity index (χ1) is 14.7. The summed E-state index contributed by atoms with van der Waals surface area (Å²) in [7, 11) is 0. The molecule has 0 spiro atoms. The van der Waals surface area contributed by atoms with E-state index in [0.29, 0.717) is 4.68 Å². The van der Waals surface area contributed by atoms with Crippen molar-refractivity contribution >= 4 is 29.1 Å². The van der Waals surface area contributed by atoms with Crippen molar-refractivity contribution in [1.29, 1.82) is 0 Å². The van der Waals surface area contributed by atoms with Crippen LogP contribution in [0.25, 0.3) is 10.9 Å². The summed E-state index contributed by atoms with van der Waals surface area (Å²) in [6, 6.07) is 8.95. The number of aryl methyl sites for hydroxylation is 2. The molecule has 0 aliphatic heterocycles. The number of nitrogens with one attached hydrogen (secondary N) is 1. The highest BCUT2D eigenvalue weighted by atomic mass is 16.7. The van der Waals surface area contributed by atoms with E-state index in [1.165, 1.54) is 18.2 Å². The van der Waals surface area contributed by atoms with Crippen LogP contribution in [-0.4, -0.2) is 37.7 Å². The molecule has 0 aliphatic carbocycles. The van der Waals surface area contributed by atoms with Crippen molar-refractivity contribution in [3.05, 3.63) is 63.4 Å². The first-order valence-corrected chi connectivity index (χ1v) is 9.47. The van der Waals surface area contributed by atoms with Crippen LogP contribution in [0.5, 0.6) is 5.75 Å². The number of hydrogen-bond donors (Lipinski definition) is 3.